The fourth-order valence-corrected chi connectivity index (χ4v) is 1.83. The molecule has 1 aliphatic rings. The van der Waals surface area contributed by atoms with Gasteiger partial charge in [0.2, 0.25) is 0 Å². The molecule has 2 nitrogen and oxygen atoms in total. The first-order valence-electron chi connectivity index (χ1n) is 6.37. The van der Waals surface area contributed by atoms with Crippen LogP contribution >= 0.6 is 0 Å². The molecule has 0 amide bonds. The van der Waals surface area contributed by atoms with Crippen molar-refractivity contribution >= 4 is 0 Å². The zero-order valence-corrected chi connectivity index (χ0v) is 10.6. The van der Waals surface area contributed by atoms with Crippen LogP contribution in [0.15, 0.2) is 18.2 Å². The molecule has 1 aromatic rings. The van der Waals surface area contributed by atoms with Crippen molar-refractivity contribution in [2.75, 3.05) is 6.54 Å². The maximum Gasteiger partial charge on any atom is 0.130 e. The third-order valence-electron chi connectivity index (χ3n) is 3.20. The van der Waals surface area contributed by atoms with Crippen molar-refractivity contribution in [3.63, 3.8) is 0 Å². The minimum Gasteiger partial charge on any atom is -0.312 e. The van der Waals surface area contributed by atoms with Crippen LogP contribution in [-0.4, -0.2) is 18.6 Å². The topological polar surface area (TPSA) is 24.1 Å². The molecule has 1 saturated carbocycles. The number of halogens is 1. The lowest BCUT2D eigenvalue weighted by Gasteiger charge is -2.15. The molecule has 1 atom stereocenters. The Kier molecular flexibility index (Phi) is 4.13. The Morgan fingerprint density at radius 1 is 1.41 bits per heavy atom. The highest BCUT2D eigenvalue weighted by Gasteiger charge is 2.20. The lowest BCUT2D eigenvalue weighted by Crippen LogP contribution is -2.36. The Morgan fingerprint density at radius 3 is 2.88 bits per heavy atom. The smallest absolute Gasteiger partial charge is 0.130 e. The minimum atomic E-state index is -0.0812. The molecule has 3 heteroatoms. The first kappa shape index (κ1) is 12.5. The SMILES string of the molecule is Cc1cccc(CNC(C)CNC2CC2)c1F. The average molecular weight is 236 g/mol. The van der Waals surface area contributed by atoms with Gasteiger partial charge in [-0.1, -0.05) is 18.2 Å². The van der Waals surface area contributed by atoms with Crippen LogP contribution in [0.3, 0.4) is 0 Å². The monoisotopic (exact) mass is 236 g/mol. The van der Waals surface area contributed by atoms with Crippen molar-refractivity contribution in [2.24, 2.45) is 0 Å². The molecular weight excluding hydrogens is 215 g/mol. The molecule has 1 fully saturated rings. The van der Waals surface area contributed by atoms with Gasteiger partial charge in [-0.15, -0.1) is 0 Å². The van der Waals surface area contributed by atoms with Crippen molar-refractivity contribution in [3.05, 3.63) is 35.1 Å². The number of hydrogen-bond acceptors (Lipinski definition) is 2. The van der Waals surface area contributed by atoms with E-state index in [1.807, 2.05) is 12.1 Å². The van der Waals surface area contributed by atoms with E-state index in [2.05, 4.69) is 17.6 Å². The Labute approximate surface area is 103 Å². The normalized spacial score (nSPS) is 17.1. The van der Waals surface area contributed by atoms with Gasteiger partial charge in [-0.25, -0.2) is 4.39 Å². The van der Waals surface area contributed by atoms with Gasteiger partial charge in [-0.3, -0.25) is 0 Å². The van der Waals surface area contributed by atoms with E-state index in [1.54, 1.807) is 13.0 Å². The zero-order valence-electron chi connectivity index (χ0n) is 10.6. The fraction of sp³-hybridized carbons (Fsp3) is 0.571. The summed E-state index contributed by atoms with van der Waals surface area (Å²) in [5.74, 6) is -0.0812. The van der Waals surface area contributed by atoms with E-state index in [-0.39, 0.29) is 5.82 Å². The lowest BCUT2D eigenvalue weighted by molar-refractivity contribution is 0.489. The largest absolute Gasteiger partial charge is 0.312 e. The summed E-state index contributed by atoms with van der Waals surface area (Å²) in [7, 11) is 0. The van der Waals surface area contributed by atoms with Crippen molar-refractivity contribution in [2.45, 2.75) is 45.3 Å². The minimum absolute atomic E-state index is 0.0812. The van der Waals surface area contributed by atoms with E-state index in [4.69, 9.17) is 0 Å². The van der Waals surface area contributed by atoms with Crippen LogP contribution in [0.5, 0.6) is 0 Å². The van der Waals surface area contributed by atoms with E-state index >= 15 is 0 Å². The Bertz CT molecular complexity index is 374. The van der Waals surface area contributed by atoms with Gasteiger partial charge in [0, 0.05) is 30.7 Å². The molecule has 17 heavy (non-hydrogen) atoms. The van der Waals surface area contributed by atoms with Gasteiger partial charge in [0.05, 0.1) is 0 Å². The van der Waals surface area contributed by atoms with Gasteiger partial charge in [0.25, 0.3) is 0 Å². The summed E-state index contributed by atoms with van der Waals surface area (Å²) in [4.78, 5) is 0. The van der Waals surface area contributed by atoms with Crippen molar-refractivity contribution < 1.29 is 4.39 Å². The number of aryl methyl sites for hydroxylation is 1. The second-order valence-electron chi connectivity index (χ2n) is 5.01. The maximum absolute atomic E-state index is 13.7. The molecule has 0 spiro atoms. The molecule has 0 bridgehead atoms. The van der Waals surface area contributed by atoms with Gasteiger partial charge in [-0.2, -0.15) is 0 Å². The van der Waals surface area contributed by atoms with Crippen molar-refractivity contribution in [1.82, 2.24) is 10.6 Å². The molecule has 0 aliphatic heterocycles. The molecule has 0 aromatic heterocycles. The maximum atomic E-state index is 13.7. The number of rotatable bonds is 6. The van der Waals surface area contributed by atoms with Gasteiger partial charge in [0.1, 0.15) is 5.82 Å². The first-order chi connectivity index (χ1) is 8.16. The van der Waals surface area contributed by atoms with Crippen LogP contribution in [0, 0.1) is 12.7 Å². The summed E-state index contributed by atoms with van der Waals surface area (Å²) < 4.78 is 13.7. The van der Waals surface area contributed by atoms with E-state index in [0.29, 0.717) is 18.2 Å². The van der Waals surface area contributed by atoms with Crippen LogP contribution in [-0.2, 0) is 6.54 Å². The Hall–Kier alpha value is -0.930. The predicted octanol–water partition coefficient (Wildman–Crippen LogP) is 2.36. The molecular formula is C14H21FN2. The third-order valence-corrected chi connectivity index (χ3v) is 3.20. The second-order valence-corrected chi connectivity index (χ2v) is 5.01. The standard InChI is InChI=1S/C14H21FN2/c1-10-4-3-5-12(14(10)15)9-16-11(2)8-17-13-6-7-13/h3-5,11,13,16-17H,6-9H2,1-2H3. The highest BCUT2D eigenvalue weighted by Crippen LogP contribution is 2.18. The van der Waals surface area contributed by atoms with E-state index in [1.165, 1.54) is 12.8 Å². The van der Waals surface area contributed by atoms with Crippen LogP contribution in [0.4, 0.5) is 4.39 Å². The number of nitrogens with one attached hydrogen (secondary N) is 2. The fourth-order valence-electron chi connectivity index (χ4n) is 1.83. The lowest BCUT2D eigenvalue weighted by atomic mass is 10.1. The summed E-state index contributed by atoms with van der Waals surface area (Å²) >= 11 is 0. The van der Waals surface area contributed by atoms with Crippen LogP contribution < -0.4 is 10.6 Å². The van der Waals surface area contributed by atoms with Crippen LogP contribution in [0.25, 0.3) is 0 Å². The molecule has 1 aromatic carbocycles. The predicted molar refractivity (Wildman–Crippen MR) is 68.5 cm³/mol. The number of hydrogen-bond donors (Lipinski definition) is 2. The summed E-state index contributed by atoms with van der Waals surface area (Å²) in [5.41, 5.74) is 1.47. The molecule has 1 unspecified atom stereocenters. The molecule has 0 radical (unpaired) electrons. The summed E-state index contributed by atoms with van der Waals surface area (Å²) in [6.45, 7) is 5.49. The van der Waals surface area contributed by atoms with Gasteiger partial charge >= 0.3 is 0 Å². The van der Waals surface area contributed by atoms with Crippen molar-refractivity contribution in [1.29, 1.82) is 0 Å². The average Bonchev–Trinajstić information content (AvgIpc) is 3.12. The zero-order chi connectivity index (χ0) is 12.3. The van der Waals surface area contributed by atoms with E-state index in [9.17, 15) is 4.39 Å². The third kappa shape index (κ3) is 3.79. The highest BCUT2D eigenvalue weighted by atomic mass is 19.1. The second kappa shape index (κ2) is 5.61. The molecule has 0 heterocycles. The van der Waals surface area contributed by atoms with Gasteiger partial charge in [-0.05, 0) is 32.3 Å². The Balaban J connectivity index is 1.77. The molecule has 94 valence electrons. The molecule has 2 N–H and O–H groups in total. The van der Waals surface area contributed by atoms with E-state index < -0.39 is 0 Å². The number of benzene rings is 1. The first-order valence-corrected chi connectivity index (χ1v) is 6.37. The summed E-state index contributed by atoms with van der Waals surface area (Å²) in [5, 5.41) is 6.81. The van der Waals surface area contributed by atoms with E-state index in [0.717, 1.165) is 18.2 Å². The van der Waals surface area contributed by atoms with Crippen LogP contribution in [0.2, 0.25) is 0 Å². The quantitative estimate of drug-likeness (QED) is 0.792. The van der Waals surface area contributed by atoms with Crippen molar-refractivity contribution in [3.8, 4) is 0 Å². The van der Waals surface area contributed by atoms with Crippen LogP contribution in [0.1, 0.15) is 30.9 Å². The van der Waals surface area contributed by atoms with Gasteiger partial charge < -0.3 is 10.6 Å². The molecule has 2 rings (SSSR count). The highest BCUT2D eigenvalue weighted by molar-refractivity contribution is 5.24. The molecule has 0 saturated heterocycles. The summed E-state index contributed by atoms with van der Waals surface area (Å²) in [6.07, 6.45) is 2.61. The molecule has 1 aliphatic carbocycles. The Morgan fingerprint density at radius 2 is 2.18 bits per heavy atom. The van der Waals surface area contributed by atoms with Gasteiger partial charge in [0.15, 0.2) is 0 Å². The summed E-state index contributed by atoms with van der Waals surface area (Å²) in [6, 6.07) is 6.65.